The number of hydrogen-bond acceptors (Lipinski definition) is 8. The smallest absolute Gasteiger partial charge is 0.231 e. The standard InChI is InChI=1S/C27H34O8/c1-15(2)35-20-5-3-16-7-18(11-28)22(13-32-27-23(30)9-19(29)12-31-27)26(21(16)10-20)17-4-6-24-25(8-17)34-14-33-24/h3-6,8,10,15,18-19,22-23,26-30H,7,9,11-14H2,1-2H3/t18?,19-,22+,23+,26+,27-/m0/s1. The van der Waals surface area contributed by atoms with Gasteiger partial charge in [-0.25, -0.2) is 0 Å². The fourth-order valence-electron chi connectivity index (χ4n) is 5.44. The molecule has 3 N–H and O–H groups in total. The van der Waals surface area contributed by atoms with Gasteiger partial charge in [0, 0.05) is 18.9 Å². The average Bonchev–Trinajstić information content (AvgIpc) is 3.30. The molecule has 190 valence electrons. The highest BCUT2D eigenvalue weighted by molar-refractivity contribution is 5.51. The first-order valence-corrected chi connectivity index (χ1v) is 12.3. The lowest BCUT2D eigenvalue weighted by atomic mass is 9.67. The molecule has 2 aliphatic heterocycles. The molecule has 2 aromatic carbocycles. The van der Waals surface area contributed by atoms with Crippen molar-refractivity contribution in [1.82, 2.24) is 0 Å². The second-order valence-electron chi connectivity index (χ2n) is 9.92. The van der Waals surface area contributed by atoms with Gasteiger partial charge >= 0.3 is 0 Å². The summed E-state index contributed by atoms with van der Waals surface area (Å²) in [6.07, 6.45) is -1.45. The third kappa shape index (κ3) is 5.13. The van der Waals surface area contributed by atoms with Gasteiger partial charge in [0.1, 0.15) is 11.9 Å². The van der Waals surface area contributed by atoms with Crippen molar-refractivity contribution in [1.29, 1.82) is 0 Å². The SMILES string of the molecule is CC(C)Oc1ccc2c(c1)[C@@H](c1ccc3c(c1)OCO3)[C@H](CO[C@@H]1OC[C@@H](O)C[C@H]1O)C(CO)C2. The van der Waals surface area contributed by atoms with Crippen molar-refractivity contribution < 1.29 is 39.0 Å². The molecule has 2 aromatic rings. The van der Waals surface area contributed by atoms with Gasteiger partial charge in [-0.2, -0.15) is 0 Å². The molecule has 1 saturated heterocycles. The predicted molar refractivity (Wildman–Crippen MR) is 127 cm³/mol. The molecular weight excluding hydrogens is 452 g/mol. The largest absolute Gasteiger partial charge is 0.491 e. The second-order valence-corrected chi connectivity index (χ2v) is 9.92. The quantitative estimate of drug-likeness (QED) is 0.548. The molecule has 0 spiro atoms. The minimum atomic E-state index is -0.905. The van der Waals surface area contributed by atoms with E-state index in [4.69, 9.17) is 23.7 Å². The summed E-state index contributed by atoms with van der Waals surface area (Å²) in [7, 11) is 0. The molecule has 35 heavy (non-hydrogen) atoms. The highest BCUT2D eigenvalue weighted by atomic mass is 16.7. The van der Waals surface area contributed by atoms with Gasteiger partial charge in [-0.3, -0.25) is 0 Å². The van der Waals surface area contributed by atoms with Gasteiger partial charge in [0.2, 0.25) is 6.79 Å². The molecule has 5 rings (SSSR count). The number of aliphatic hydroxyl groups excluding tert-OH is 3. The fourth-order valence-corrected chi connectivity index (χ4v) is 5.44. The summed E-state index contributed by atoms with van der Waals surface area (Å²) in [5.74, 6) is 1.96. The van der Waals surface area contributed by atoms with Crippen LogP contribution in [0.25, 0.3) is 0 Å². The summed E-state index contributed by atoms with van der Waals surface area (Å²) in [6.45, 7) is 4.60. The molecule has 8 heteroatoms. The van der Waals surface area contributed by atoms with Crippen LogP contribution in [-0.2, 0) is 15.9 Å². The Kier molecular flexibility index (Phi) is 7.18. The summed E-state index contributed by atoms with van der Waals surface area (Å²) in [4.78, 5) is 0. The Morgan fingerprint density at radius 3 is 2.66 bits per heavy atom. The lowest BCUT2D eigenvalue weighted by molar-refractivity contribution is -0.241. The van der Waals surface area contributed by atoms with E-state index >= 15 is 0 Å². The third-order valence-electron chi connectivity index (χ3n) is 7.06. The fraction of sp³-hybridized carbons (Fsp3) is 0.556. The lowest BCUT2D eigenvalue weighted by Gasteiger charge is -2.41. The molecule has 3 aliphatic rings. The Balaban J connectivity index is 1.50. The van der Waals surface area contributed by atoms with Crippen LogP contribution in [0, 0.1) is 11.8 Å². The molecule has 0 amide bonds. The Bertz CT molecular complexity index is 1020. The Morgan fingerprint density at radius 1 is 1.06 bits per heavy atom. The predicted octanol–water partition coefficient (Wildman–Crippen LogP) is 2.60. The first-order valence-electron chi connectivity index (χ1n) is 12.3. The summed E-state index contributed by atoms with van der Waals surface area (Å²) in [6, 6.07) is 12.1. The maximum Gasteiger partial charge on any atom is 0.231 e. The summed E-state index contributed by atoms with van der Waals surface area (Å²) in [5.41, 5.74) is 3.32. The van der Waals surface area contributed by atoms with Gasteiger partial charge in [0.25, 0.3) is 0 Å². The van der Waals surface area contributed by atoms with E-state index in [0.717, 1.165) is 22.4 Å². The van der Waals surface area contributed by atoms with Crippen LogP contribution in [0.5, 0.6) is 17.2 Å². The minimum Gasteiger partial charge on any atom is -0.491 e. The first kappa shape index (κ1) is 24.3. The second kappa shape index (κ2) is 10.3. The van der Waals surface area contributed by atoms with Gasteiger partial charge in [0.05, 0.1) is 25.4 Å². The van der Waals surface area contributed by atoms with Crippen LogP contribution in [0.1, 0.15) is 42.9 Å². The van der Waals surface area contributed by atoms with Gasteiger partial charge in [-0.05, 0) is 73.1 Å². The van der Waals surface area contributed by atoms with Gasteiger partial charge in [0.15, 0.2) is 17.8 Å². The topological polar surface area (TPSA) is 107 Å². The van der Waals surface area contributed by atoms with Crippen LogP contribution in [0.15, 0.2) is 36.4 Å². The van der Waals surface area contributed by atoms with Crippen LogP contribution in [0.2, 0.25) is 0 Å². The van der Waals surface area contributed by atoms with E-state index in [9.17, 15) is 15.3 Å². The van der Waals surface area contributed by atoms with Crippen molar-refractivity contribution in [2.24, 2.45) is 11.8 Å². The van der Waals surface area contributed by atoms with E-state index in [2.05, 4.69) is 12.1 Å². The van der Waals surface area contributed by atoms with Crippen LogP contribution in [-0.4, -0.2) is 66.5 Å². The zero-order valence-electron chi connectivity index (χ0n) is 20.1. The van der Waals surface area contributed by atoms with E-state index in [-0.39, 0.29) is 56.9 Å². The van der Waals surface area contributed by atoms with Crippen molar-refractivity contribution in [3.63, 3.8) is 0 Å². The summed E-state index contributed by atoms with van der Waals surface area (Å²) in [5, 5.41) is 30.5. The zero-order valence-corrected chi connectivity index (χ0v) is 20.1. The van der Waals surface area contributed by atoms with E-state index in [1.165, 1.54) is 0 Å². The molecule has 1 fully saturated rings. The van der Waals surface area contributed by atoms with Crippen molar-refractivity contribution in [2.45, 2.75) is 57.2 Å². The molecule has 0 aromatic heterocycles. The molecule has 0 radical (unpaired) electrons. The van der Waals surface area contributed by atoms with Crippen LogP contribution in [0.3, 0.4) is 0 Å². The first-order chi connectivity index (χ1) is 16.9. The zero-order chi connectivity index (χ0) is 24.5. The van der Waals surface area contributed by atoms with E-state index in [1.807, 2.05) is 38.1 Å². The lowest BCUT2D eigenvalue weighted by Crippen LogP contribution is -2.44. The Morgan fingerprint density at radius 2 is 1.89 bits per heavy atom. The Labute approximate surface area is 205 Å². The Hall–Kier alpha value is -2.36. The highest BCUT2D eigenvalue weighted by Gasteiger charge is 2.40. The maximum absolute atomic E-state index is 10.4. The third-order valence-corrected chi connectivity index (χ3v) is 7.06. The van der Waals surface area contributed by atoms with E-state index in [0.29, 0.717) is 17.9 Å². The minimum absolute atomic E-state index is 0.00551. The number of fused-ring (bicyclic) bond motifs is 2. The van der Waals surface area contributed by atoms with Crippen LogP contribution >= 0.6 is 0 Å². The van der Waals surface area contributed by atoms with Crippen molar-refractivity contribution >= 4 is 0 Å². The van der Waals surface area contributed by atoms with E-state index < -0.39 is 18.5 Å². The normalized spacial score (nSPS) is 29.8. The summed E-state index contributed by atoms with van der Waals surface area (Å²) >= 11 is 0. The molecule has 6 atom stereocenters. The van der Waals surface area contributed by atoms with Crippen LogP contribution in [0.4, 0.5) is 0 Å². The maximum atomic E-state index is 10.4. The van der Waals surface area contributed by atoms with Crippen molar-refractivity contribution in [3.05, 3.63) is 53.1 Å². The summed E-state index contributed by atoms with van der Waals surface area (Å²) < 4.78 is 28.8. The molecular formula is C27H34O8. The molecule has 1 unspecified atom stereocenters. The number of aliphatic hydroxyl groups is 3. The monoisotopic (exact) mass is 486 g/mol. The number of benzene rings is 2. The molecule has 0 saturated carbocycles. The number of rotatable bonds is 7. The van der Waals surface area contributed by atoms with E-state index in [1.54, 1.807) is 0 Å². The van der Waals surface area contributed by atoms with Gasteiger partial charge in [-0.1, -0.05) is 12.1 Å². The van der Waals surface area contributed by atoms with Crippen LogP contribution < -0.4 is 14.2 Å². The highest BCUT2D eigenvalue weighted by Crippen LogP contribution is 2.47. The van der Waals surface area contributed by atoms with Gasteiger partial charge < -0.3 is 39.0 Å². The average molecular weight is 487 g/mol. The molecule has 1 aliphatic carbocycles. The number of hydrogen-bond donors (Lipinski definition) is 3. The molecule has 2 heterocycles. The van der Waals surface area contributed by atoms with Crippen molar-refractivity contribution in [2.75, 3.05) is 26.6 Å². The van der Waals surface area contributed by atoms with Crippen molar-refractivity contribution in [3.8, 4) is 17.2 Å². The molecule has 8 nitrogen and oxygen atoms in total. The number of ether oxygens (including phenoxy) is 5. The molecule has 0 bridgehead atoms. The van der Waals surface area contributed by atoms with Gasteiger partial charge in [-0.15, -0.1) is 0 Å².